The summed E-state index contributed by atoms with van der Waals surface area (Å²) in [5.41, 5.74) is 4.91. The maximum atomic E-state index is 11.9. The molecule has 5 nitrogen and oxygen atoms in total. The van der Waals surface area contributed by atoms with E-state index in [-0.39, 0.29) is 11.9 Å². The molecule has 1 aliphatic rings. The van der Waals surface area contributed by atoms with Crippen LogP contribution in [0.5, 0.6) is 0 Å². The first-order valence-electron chi connectivity index (χ1n) is 11.1. The first-order chi connectivity index (χ1) is 14.6. The molecule has 0 radical (unpaired) electrons. The Morgan fingerprint density at radius 1 is 1.10 bits per heavy atom. The van der Waals surface area contributed by atoms with Gasteiger partial charge in [0.05, 0.1) is 12.6 Å². The topological polar surface area (TPSA) is 56.7 Å². The highest BCUT2D eigenvalue weighted by molar-refractivity contribution is 5.80. The molecule has 2 aromatic rings. The van der Waals surface area contributed by atoms with Crippen LogP contribution < -0.4 is 10.6 Å². The Balaban J connectivity index is 1.63. The Bertz CT molecular complexity index is 860. The molecule has 5 heteroatoms. The minimum Gasteiger partial charge on any atom is -0.357 e. The molecule has 1 aliphatic heterocycles. The van der Waals surface area contributed by atoms with Crippen LogP contribution in [0.15, 0.2) is 53.5 Å². The fourth-order valence-corrected chi connectivity index (χ4v) is 3.74. The van der Waals surface area contributed by atoms with Crippen molar-refractivity contribution in [2.45, 2.75) is 59.2 Å². The highest BCUT2D eigenvalue weighted by atomic mass is 16.2. The van der Waals surface area contributed by atoms with Crippen LogP contribution in [-0.2, 0) is 24.3 Å². The number of carbonyl (C=O) groups excluding carboxylic acids is 1. The summed E-state index contributed by atoms with van der Waals surface area (Å²) in [6.07, 6.45) is 2.71. The highest BCUT2D eigenvalue weighted by Crippen LogP contribution is 2.16. The zero-order valence-corrected chi connectivity index (χ0v) is 18.4. The number of nitrogens with one attached hydrogen (secondary N) is 2. The predicted molar refractivity (Wildman–Crippen MR) is 123 cm³/mol. The summed E-state index contributed by atoms with van der Waals surface area (Å²) in [4.78, 5) is 18.6. The van der Waals surface area contributed by atoms with Gasteiger partial charge in [-0.2, -0.15) is 0 Å². The summed E-state index contributed by atoms with van der Waals surface area (Å²) in [6, 6.07) is 17.3. The Hall–Kier alpha value is -2.82. The molecule has 0 bridgehead atoms. The van der Waals surface area contributed by atoms with E-state index >= 15 is 0 Å². The lowest BCUT2D eigenvalue weighted by molar-refractivity contribution is -0.128. The lowest BCUT2D eigenvalue weighted by atomic mass is 10.1. The van der Waals surface area contributed by atoms with E-state index in [1.165, 1.54) is 16.7 Å². The molecule has 0 aliphatic carbocycles. The molecular weight excluding hydrogens is 372 g/mol. The summed E-state index contributed by atoms with van der Waals surface area (Å²) in [5.74, 6) is 1.07. The van der Waals surface area contributed by atoms with Gasteiger partial charge >= 0.3 is 0 Å². The smallest absolute Gasteiger partial charge is 0.222 e. The SMILES string of the molecule is CCNC(=NCc1cccc(CN2CCCC2=O)c1)NC(C)c1ccc(CC)cc1. The second-order valence-corrected chi connectivity index (χ2v) is 7.90. The summed E-state index contributed by atoms with van der Waals surface area (Å²) in [7, 11) is 0. The van der Waals surface area contributed by atoms with Crippen LogP contribution >= 0.6 is 0 Å². The van der Waals surface area contributed by atoms with Gasteiger partial charge in [-0.1, -0.05) is 55.5 Å². The molecule has 1 atom stereocenters. The van der Waals surface area contributed by atoms with E-state index in [9.17, 15) is 4.79 Å². The summed E-state index contributed by atoms with van der Waals surface area (Å²) in [6.45, 7) is 9.37. The lowest BCUT2D eigenvalue weighted by Crippen LogP contribution is -2.38. The molecule has 1 amide bonds. The average molecular weight is 407 g/mol. The third-order valence-electron chi connectivity index (χ3n) is 5.54. The summed E-state index contributed by atoms with van der Waals surface area (Å²) in [5, 5.41) is 6.85. The molecule has 160 valence electrons. The molecule has 30 heavy (non-hydrogen) atoms. The maximum absolute atomic E-state index is 11.9. The number of amides is 1. The van der Waals surface area contributed by atoms with Gasteiger partial charge in [0.15, 0.2) is 5.96 Å². The van der Waals surface area contributed by atoms with Crippen LogP contribution in [0.1, 0.15) is 61.9 Å². The number of hydrogen-bond donors (Lipinski definition) is 2. The van der Waals surface area contributed by atoms with Crippen molar-refractivity contribution in [2.24, 2.45) is 4.99 Å². The number of guanidine groups is 1. The zero-order chi connectivity index (χ0) is 21.3. The first-order valence-corrected chi connectivity index (χ1v) is 11.1. The minimum absolute atomic E-state index is 0.168. The van der Waals surface area contributed by atoms with Gasteiger partial charge in [0, 0.05) is 26.1 Å². The number of likely N-dealkylation sites (tertiary alicyclic amines) is 1. The third kappa shape index (κ3) is 6.09. The van der Waals surface area contributed by atoms with Gasteiger partial charge in [-0.25, -0.2) is 4.99 Å². The quantitative estimate of drug-likeness (QED) is 0.511. The number of benzene rings is 2. The summed E-state index contributed by atoms with van der Waals surface area (Å²) >= 11 is 0. The van der Waals surface area contributed by atoms with Crippen molar-refractivity contribution in [3.05, 3.63) is 70.8 Å². The van der Waals surface area contributed by atoms with Crippen LogP contribution in [0.3, 0.4) is 0 Å². The molecule has 0 saturated carbocycles. The Labute approximate surface area is 180 Å². The summed E-state index contributed by atoms with van der Waals surface area (Å²) < 4.78 is 0. The Morgan fingerprint density at radius 2 is 1.87 bits per heavy atom. The molecule has 0 spiro atoms. The fraction of sp³-hybridized carbons (Fsp3) is 0.440. The number of hydrogen-bond acceptors (Lipinski definition) is 2. The van der Waals surface area contributed by atoms with Crippen LogP contribution in [0.25, 0.3) is 0 Å². The maximum Gasteiger partial charge on any atom is 0.222 e. The number of rotatable bonds is 8. The molecular formula is C25H34N4O. The van der Waals surface area contributed by atoms with E-state index in [0.29, 0.717) is 19.5 Å². The standard InChI is InChI=1S/C25H34N4O/c1-4-20-11-13-23(14-12-20)19(3)28-25(26-5-2)27-17-21-8-6-9-22(16-21)18-29-15-7-10-24(29)30/h6,8-9,11-14,16,19H,4-5,7,10,15,17-18H2,1-3H3,(H2,26,27,28). The van der Waals surface area contributed by atoms with Crippen molar-refractivity contribution >= 4 is 11.9 Å². The molecule has 1 fully saturated rings. The number of carbonyl (C=O) groups is 1. The van der Waals surface area contributed by atoms with Gasteiger partial charge in [0.1, 0.15) is 0 Å². The van der Waals surface area contributed by atoms with Crippen LogP contribution in [0.2, 0.25) is 0 Å². The molecule has 1 unspecified atom stereocenters. The molecule has 3 rings (SSSR count). The Morgan fingerprint density at radius 3 is 2.53 bits per heavy atom. The van der Waals surface area contributed by atoms with Gasteiger partial charge < -0.3 is 15.5 Å². The van der Waals surface area contributed by atoms with E-state index in [4.69, 9.17) is 4.99 Å². The van der Waals surface area contributed by atoms with Crippen molar-refractivity contribution in [2.75, 3.05) is 13.1 Å². The molecule has 1 heterocycles. The van der Waals surface area contributed by atoms with Crippen LogP contribution in [0, 0.1) is 0 Å². The van der Waals surface area contributed by atoms with Crippen molar-refractivity contribution in [1.82, 2.24) is 15.5 Å². The predicted octanol–water partition coefficient (Wildman–Crippen LogP) is 4.19. The monoisotopic (exact) mass is 406 g/mol. The van der Waals surface area contributed by atoms with Gasteiger partial charge in [0.25, 0.3) is 0 Å². The average Bonchev–Trinajstić information content (AvgIpc) is 3.17. The van der Waals surface area contributed by atoms with Crippen molar-refractivity contribution in [1.29, 1.82) is 0 Å². The van der Waals surface area contributed by atoms with Gasteiger partial charge in [0.2, 0.25) is 5.91 Å². The van der Waals surface area contributed by atoms with Crippen molar-refractivity contribution in [3.8, 4) is 0 Å². The first kappa shape index (κ1) is 21.9. The van der Waals surface area contributed by atoms with E-state index in [2.05, 4.69) is 79.9 Å². The second-order valence-electron chi connectivity index (χ2n) is 7.90. The van der Waals surface area contributed by atoms with Gasteiger partial charge in [-0.05, 0) is 48.9 Å². The Kier molecular flexibility index (Phi) is 7.89. The van der Waals surface area contributed by atoms with E-state index in [1.807, 2.05) is 4.90 Å². The van der Waals surface area contributed by atoms with E-state index in [1.54, 1.807) is 0 Å². The lowest BCUT2D eigenvalue weighted by Gasteiger charge is -2.19. The fourth-order valence-electron chi connectivity index (χ4n) is 3.74. The molecule has 1 saturated heterocycles. The molecule has 2 N–H and O–H groups in total. The largest absolute Gasteiger partial charge is 0.357 e. The van der Waals surface area contributed by atoms with Gasteiger partial charge in [-0.15, -0.1) is 0 Å². The second kappa shape index (κ2) is 10.8. The minimum atomic E-state index is 0.168. The van der Waals surface area contributed by atoms with E-state index in [0.717, 1.165) is 37.5 Å². The van der Waals surface area contributed by atoms with Crippen LogP contribution in [-0.4, -0.2) is 29.9 Å². The third-order valence-corrected chi connectivity index (χ3v) is 5.54. The molecule has 0 aromatic heterocycles. The van der Waals surface area contributed by atoms with Crippen molar-refractivity contribution < 1.29 is 4.79 Å². The normalized spacial score (nSPS) is 15.4. The van der Waals surface area contributed by atoms with Crippen molar-refractivity contribution in [3.63, 3.8) is 0 Å². The number of aliphatic imine (C=N–C) groups is 1. The number of aryl methyl sites for hydroxylation is 1. The molecule has 2 aromatic carbocycles. The van der Waals surface area contributed by atoms with Gasteiger partial charge in [-0.3, -0.25) is 4.79 Å². The number of nitrogens with zero attached hydrogens (tertiary/aromatic N) is 2. The van der Waals surface area contributed by atoms with Crippen LogP contribution in [0.4, 0.5) is 0 Å². The zero-order valence-electron chi connectivity index (χ0n) is 18.4. The highest BCUT2D eigenvalue weighted by Gasteiger charge is 2.19. The van der Waals surface area contributed by atoms with E-state index < -0.39 is 0 Å².